The van der Waals surface area contributed by atoms with Gasteiger partial charge in [-0.05, 0) is 56.0 Å². The minimum Gasteiger partial charge on any atom is -0.493 e. The molecule has 0 unspecified atom stereocenters. The number of nitrogens with zero attached hydrogens (tertiary/aromatic N) is 1. The number of carbonyl (C=O) groups excluding carboxylic acids is 2. The summed E-state index contributed by atoms with van der Waals surface area (Å²) in [5.41, 5.74) is 0.835. The van der Waals surface area contributed by atoms with Crippen LogP contribution in [0.4, 0.5) is 8.78 Å². The molecule has 6 nitrogen and oxygen atoms in total. The first-order valence-electron chi connectivity index (χ1n) is 10.7. The van der Waals surface area contributed by atoms with E-state index in [2.05, 4.69) is 5.32 Å². The summed E-state index contributed by atoms with van der Waals surface area (Å²) in [7, 11) is 1.58. The zero-order valence-corrected chi connectivity index (χ0v) is 18.3. The molecular weight excluding hydrogens is 418 g/mol. The van der Waals surface area contributed by atoms with Crippen LogP contribution in [0.1, 0.15) is 42.1 Å². The zero-order valence-electron chi connectivity index (χ0n) is 18.3. The number of methoxy groups -OCH3 is 1. The highest BCUT2D eigenvalue weighted by Crippen LogP contribution is 2.28. The van der Waals surface area contributed by atoms with Gasteiger partial charge in [-0.25, -0.2) is 8.78 Å². The summed E-state index contributed by atoms with van der Waals surface area (Å²) in [6.07, 6.45) is 2.06. The molecule has 0 spiro atoms. The summed E-state index contributed by atoms with van der Waals surface area (Å²) >= 11 is 0. The van der Waals surface area contributed by atoms with Gasteiger partial charge in [-0.15, -0.1) is 0 Å². The molecule has 0 aromatic heterocycles. The van der Waals surface area contributed by atoms with Crippen LogP contribution in [0.2, 0.25) is 0 Å². The molecule has 1 saturated heterocycles. The van der Waals surface area contributed by atoms with Gasteiger partial charge in [-0.1, -0.05) is 6.07 Å². The van der Waals surface area contributed by atoms with Crippen LogP contribution < -0.4 is 14.8 Å². The fourth-order valence-electron chi connectivity index (χ4n) is 3.76. The third-order valence-electron chi connectivity index (χ3n) is 5.48. The largest absolute Gasteiger partial charge is 0.493 e. The monoisotopic (exact) mass is 446 g/mol. The Labute approximate surface area is 186 Å². The molecule has 32 heavy (non-hydrogen) atoms. The van der Waals surface area contributed by atoms with Crippen LogP contribution in [0.25, 0.3) is 0 Å². The summed E-state index contributed by atoms with van der Waals surface area (Å²) in [6.45, 7) is 3.24. The third-order valence-corrected chi connectivity index (χ3v) is 5.48. The zero-order chi connectivity index (χ0) is 23.1. The van der Waals surface area contributed by atoms with Gasteiger partial charge in [0.2, 0.25) is 5.91 Å². The molecule has 8 heteroatoms. The van der Waals surface area contributed by atoms with Gasteiger partial charge in [0.25, 0.3) is 5.91 Å². The Kier molecular flexibility index (Phi) is 8.03. The molecule has 2 amide bonds. The Morgan fingerprint density at radius 3 is 2.50 bits per heavy atom. The van der Waals surface area contributed by atoms with Gasteiger partial charge in [0.1, 0.15) is 11.6 Å². The number of aryl methyl sites for hydroxylation is 1. The first-order valence-corrected chi connectivity index (χ1v) is 10.7. The second kappa shape index (κ2) is 10.9. The molecule has 172 valence electrons. The summed E-state index contributed by atoms with van der Waals surface area (Å²) in [5.74, 6) is -0.797. The van der Waals surface area contributed by atoms with Crippen molar-refractivity contribution in [3.63, 3.8) is 0 Å². The molecule has 0 atom stereocenters. The van der Waals surface area contributed by atoms with Crippen molar-refractivity contribution in [2.75, 3.05) is 26.8 Å². The van der Waals surface area contributed by atoms with E-state index in [0.29, 0.717) is 62.9 Å². The quantitative estimate of drug-likeness (QED) is 0.671. The van der Waals surface area contributed by atoms with Crippen LogP contribution in [0.5, 0.6) is 11.5 Å². The number of hydrogen-bond donors (Lipinski definition) is 1. The van der Waals surface area contributed by atoms with Gasteiger partial charge in [0.15, 0.2) is 11.5 Å². The van der Waals surface area contributed by atoms with E-state index in [1.54, 1.807) is 7.11 Å². The van der Waals surface area contributed by atoms with Gasteiger partial charge in [0.05, 0.1) is 19.3 Å². The number of likely N-dealkylation sites (tertiary alicyclic amines) is 1. The van der Waals surface area contributed by atoms with E-state index in [1.807, 2.05) is 25.1 Å². The standard InChI is InChI=1S/C24H28F2N2O4/c1-3-32-21-8-4-16(14-22(21)31-2)5-9-23(29)27-18-10-12-28(13-11-18)24(30)19-7-6-17(25)15-20(19)26/h4,6-8,14-15,18H,3,5,9-13H2,1-2H3,(H,27,29). The van der Waals surface area contributed by atoms with Crippen LogP contribution in [0.3, 0.4) is 0 Å². The van der Waals surface area contributed by atoms with Gasteiger partial charge < -0.3 is 19.7 Å². The molecule has 2 aromatic rings. The van der Waals surface area contributed by atoms with Crippen LogP contribution in [-0.4, -0.2) is 49.6 Å². The number of rotatable bonds is 8. The van der Waals surface area contributed by atoms with E-state index < -0.39 is 17.5 Å². The molecular formula is C24H28F2N2O4. The summed E-state index contributed by atoms with van der Waals surface area (Å²) in [5, 5.41) is 3.01. The fourth-order valence-corrected chi connectivity index (χ4v) is 3.76. The minimum atomic E-state index is -0.864. The Bertz CT molecular complexity index is 959. The van der Waals surface area contributed by atoms with Crippen molar-refractivity contribution in [3.8, 4) is 11.5 Å². The van der Waals surface area contributed by atoms with Gasteiger partial charge in [-0.2, -0.15) is 0 Å². The van der Waals surface area contributed by atoms with Crippen molar-refractivity contribution in [3.05, 3.63) is 59.2 Å². The first-order chi connectivity index (χ1) is 15.4. The first kappa shape index (κ1) is 23.5. The van der Waals surface area contributed by atoms with Crippen molar-refractivity contribution in [1.82, 2.24) is 10.2 Å². The summed E-state index contributed by atoms with van der Waals surface area (Å²) in [6, 6.07) is 8.53. The molecule has 3 rings (SSSR count). The average molecular weight is 446 g/mol. The Balaban J connectivity index is 1.46. The van der Waals surface area contributed by atoms with E-state index in [9.17, 15) is 18.4 Å². The number of ether oxygens (including phenoxy) is 2. The van der Waals surface area contributed by atoms with E-state index >= 15 is 0 Å². The lowest BCUT2D eigenvalue weighted by Crippen LogP contribution is -2.46. The predicted octanol–water partition coefficient (Wildman–Crippen LogP) is 3.73. The maximum Gasteiger partial charge on any atom is 0.256 e. The van der Waals surface area contributed by atoms with Gasteiger partial charge in [0, 0.05) is 31.6 Å². The maximum atomic E-state index is 13.9. The number of carbonyl (C=O) groups is 2. The van der Waals surface area contributed by atoms with Crippen molar-refractivity contribution in [2.45, 2.75) is 38.6 Å². The maximum absolute atomic E-state index is 13.9. The van der Waals surface area contributed by atoms with Crippen LogP contribution in [0, 0.1) is 11.6 Å². The molecule has 1 aliphatic rings. The highest BCUT2D eigenvalue weighted by Gasteiger charge is 2.26. The van der Waals surface area contributed by atoms with Gasteiger partial charge >= 0.3 is 0 Å². The SMILES string of the molecule is CCOc1ccc(CCC(=O)NC2CCN(C(=O)c3ccc(F)cc3F)CC2)cc1OC. The van der Waals surface area contributed by atoms with Crippen molar-refractivity contribution in [2.24, 2.45) is 0 Å². The van der Waals surface area contributed by atoms with Crippen LogP contribution >= 0.6 is 0 Å². The van der Waals surface area contributed by atoms with Crippen LogP contribution in [0.15, 0.2) is 36.4 Å². The molecule has 2 aromatic carbocycles. The smallest absolute Gasteiger partial charge is 0.256 e. The topological polar surface area (TPSA) is 67.9 Å². The molecule has 0 saturated carbocycles. The van der Waals surface area contributed by atoms with Crippen molar-refractivity contribution >= 4 is 11.8 Å². The third kappa shape index (κ3) is 5.96. The minimum absolute atomic E-state index is 0.0421. The number of nitrogens with one attached hydrogen (secondary N) is 1. The highest BCUT2D eigenvalue weighted by atomic mass is 19.1. The van der Waals surface area contributed by atoms with E-state index in [4.69, 9.17) is 9.47 Å². The Morgan fingerprint density at radius 1 is 1.09 bits per heavy atom. The molecule has 0 aliphatic carbocycles. The Hall–Kier alpha value is -3.16. The molecule has 0 bridgehead atoms. The number of amides is 2. The van der Waals surface area contributed by atoms with Gasteiger partial charge in [-0.3, -0.25) is 9.59 Å². The number of hydrogen-bond acceptors (Lipinski definition) is 4. The summed E-state index contributed by atoms with van der Waals surface area (Å²) in [4.78, 5) is 26.4. The van der Waals surface area contributed by atoms with E-state index in [1.165, 1.54) is 4.90 Å². The molecule has 1 aliphatic heterocycles. The average Bonchev–Trinajstić information content (AvgIpc) is 2.78. The van der Waals surface area contributed by atoms with Crippen molar-refractivity contribution < 1.29 is 27.8 Å². The lowest BCUT2D eigenvalue weighted by Gasteiger charge is -2.32. The second-order valence-corrected chi connectivity index (χ2v) is 7.68. The fraction of sp³-hybridized carbons (Fsp3) is 0.417. The molecule has 1 fully saturated rings. The molecule has 1 heterocycles. The molecule has 0 radical (unpaired) electrons. The normalized spacial score (nSPS) is 14.2. The van der Waals surface area contributed by atoms with E-state index in [0.717, 1.165) is 17.7 Å². The predicted molar refractivity (Wildman–Crippen MR) is 116 cm³/mol. The van der Waals surface area contributed by atoms with E-state index in [-0.39, 0.29) is 17.5 Å². The lowest BCUT2D eigenvalue weighted by molar-refractivity contribution is -0.122. The highest BCUT2D eigenvalue weighted by molar-refractivity contribution is 5.94. The van der Waals surface area contributed by atoms with Crippen molar-refractivity contribution in [1.29, 1.82) is 0 Å². The second-order valence-electron chi connectivity index (χ2n) is 7.68. The number of benzene rings is 2. The van der Waals surface area contributed by atoms with Crippen LogP contribution in [-0.2, 0) is 11.2 Å². The number of piperidine rings is 1. The summed E-state index contributed by atoms with van der Waals surface area (Å²) < 4.78 is 37.8. The number of halogens is 2. The Morgan fingerprint density at radius 2 is 1.84 bits per heavy atom. The molecule has 1 N–H and O–H groups in total. The lowest BCUT2D eigenvalue weighted by atomic mass is 10.0.